The first-order valence-corrected chi connectivity index (χ1v) is 9.48. The molecular weight excluding hydrogens is 364 g/mol. The maximum atomic E-state index is 12.5. The zero-order valence-corrected chi connectivity index (χ0v) is 16.4. The predicted molar refractivity (Wildman–Crippen MR) is 105 cm³/mol. The van der Waals surface area contributed by atoms with Crippen molar-refractivity contribution in [3.8, 4) is 0 Å². The second-order valence-corrected chi connectivity index (χ2v) is 7.67. The molecule has 2 N–H and O–H groups in total. The number of carbonyl (C=O) groups excluding carboxylic acids is 2. The summed E-state index contributed by atoms with van der Waals surface area (Å²) in [6.07, 6.45) is 3.28. The molecule has 0 saturated carbocycles. The topological polar surface area (TPSA) is 93.8 Å². The number of rotatable bonds is 6. The molecule has 3 aromatic heterocycles. The second kappa shape index (κ2) is 7.75. The maximum Gasteiger partial charge on any atom is 0.266 e. The van der Waals surface area contributed by atoms with Crippen molar-refractivity contribution in [2.45, 2.75) is 39.8 Å². The van der Waals surface area contributed by atoms with Gasteiger partial charge in [0, 0.05) is 24.2 Å². The van der Waals surface area contributed by atoms with E-state index in [1.54, 1.807) is 46.0 Å². The minimum atomic E-state index is -0.270. The summed E-state index contributed by atoms with van der Waals surface area (Å²) in [6, 6.07) is 7.03. The minimum Gasteiger partial charge on any atom is -0.306 e. The van der Waals surface area contributed by atoms with E-state index in [1.807, 2.05) is 27.7 Å². The molecule has 0 bridgehead atoms. The number of hydrogen-bond acceptors (Lipinski definition) is 5. The molecule has 9 heteroatoms. The molecule has 3 rings (SSSR count). The van der Waals surface area contributed by atoms with Crippen LogP contribution < -0.4 is 10.6 Å². The normalized spacial score (nSPS) is 11.2. The third-order valence-electron chi connectivity index (χ3n) is 3.86. The van der Waals surface area contributed by atoms with Crippen molar-refractivity contribution < 1.29 is 9.59 Å². The molecular formula is C18H22N6O2S. The van der Waals surface area contributed by atoms with Gasteiger partial charge in [-0.2, -0.15) is 10.2 Å². The maximum absolute atomic E-state index is 12.5. The lowest BCUT2D eigenvalue weighted by atomic mass is 10.3. The van der Waals surface area contributed by atoms with Gasteiger partial charge >= 0.3 is 0 Å². The molecule has 8 nitrogen and oxygen atoms in total. The molecule has 2 amide bonds. The molecule has 27 heavy (non-hydrogen) atoms. The Bertz CT molecular complexity index is 878. The lowest BCUT2D eigenvalue weighted by molar-refractivity contribution is 0.102. The van der Waals surface area contributed by atoms with Crippen LogP contribution in [0.15, 0.2) is 36.7 Å². The second-order valence-electron chi connectivity index (χ2n) is 6.58. The third-order valence-corrected chi connectivity index (χ3v) is 4.94. The first-order valence-electron chi connectivity index (χ1n) is 8.66. The van der Waals surface area contributed by atoms with Crippen molar-refractivity contribution in [3.05, 3.63) is 46.4 Å². The van der Waals surface area contributed by atoms with Crippen LogP contribution in [0.3, 0.4) is 0 Å². The molecule has 3 aromatic rings. The van der Waals surface area contributed by atoms with Crippen molar-refractivity contribution in [2.75, 3.05) is 10.6 Å². The van der Waals surface area contributed by atoms with Crippen LogP contribution in [0, 0.1) is 0 Å². The number of thiophene rings is 1. The Labute approximate surface area is 161 Å². The zero-order valence-electron chi connectivity index (χ0n) is 15.6. The predicted octanol–water partition coefficient (Wildman–Crippen LogP) is 3.81. The summed E-state index contributed by atoms with van der Waals surface area (Å²) in [5.74, 6) is 0.702. The minimum absolute atomic E-state index is 0.130. The molecule has 0 aliphatic carbocycles. The first kappa shape index (κ1) is 18.8. The zero-order chi connectivity index (χ0) is 19.6. The Morgan fingerprint density at radius 1 is 0.815 bits per heavy atom. The molecule has 0 radical (unpaired) electrons. The summed E-state index contributed by atoms with van der Waals surface area (Å²) in [7, 11) is 0. The van der Waals surface area contributed by atoms with Gasteiger partial charge in [-0.25, -0.2) is 9.36 Å². The van der Waals surface area contributed by atoms with Crippen LogP contribution in [0.25, 0.3) is 0 Å². The number of amides is 2. The van der Waals surface area contributed by atoms with Crippen molar-refractivity contribution in [3.63, 3.8) is 0 Å². The number of hydrogen-bond donors (Lipinski definition) is 2. The van der Waals surface area contributed by atoms with Gasteiger partial charge in [0.2, 0.25) is 0 Å². The van der Waals surface area contributed by atoms with Crippen LogP contribution in [0.5, 0.6) is 0 Å². The molecule has 142 valence electrons. The molecule has 0 aliphatic heterocycles. The molecule has 0 atom stereocenters. The number of aromatic nitrogens is 4. The fourth-order valence-electron chi connectivity index (χ4n) is 2.59. The monoisotopic (exact) mass is 386 g/mol. The Morgan fingerprint density at radius 3 is 1.59 bits per heavy atom. The summed E-state index contributed by atoms with van der Waals surface area (Å²) >= 11 is 1.14. The molecule has 0 saturated heterocycles. The highest BCUT2D eigenvalue weighted by molar-refractivity contribution is 7.16. The fourth-order valence-corrected chi connectivity index (χ4v) is 3.38. The van der Waals surface area contributed by atoms with E-state index in [0.29, 0.717) is 21.4 Å². The summed E-state index contributed by atoms with van der Waals surface area (Å²) < 4.78 is 3.46. The summed E-state index contributed by atoms with van der Waals surface area (Å²) in [4.78, 5) is 25.9. The van der Waals surface area contributed by atoms with E-state index in [0.717, 1.165) is 11.3 Å². The van der Waals surface area contributed by atoms with Gasteiger partial charge in [0.15, 0.2) is 0 Å². The standard InChI is InChI=1S/C18H22N6O2S/c1-11(2)23-15(7-9-19-23)21-17(25)13-5-6-14(27-13)18(26)22-16-8-10-20-24(16)12(3)4/h5-12H,1-4H3,(H,21,25)(H,22,26). The summed E-state index contributed by atoms with van der Waals surface area (Å²) in [6.45, 7) is 7.94. The van der Waals surface area contributed by atoms with Crippen molar-refractivity contribution >= 4 is 34.8 Å². The van der Waals surface area contributed by atoms with Gasteiger partial charge in [-0.05, 0) is 39.8 Å². The van der Waals surface area contributed by atoms with Gasteiger partial charge in [0.1, 0.15) is 11.6 Å². The van der Waals surface area contributed by atoms with Crippen LogP contribution >= 0.6 is 11.3 Å². The highest BCUT2D eigenvalue weighted by atomic mass is 32.1. The van der Waals surface area contributed by atoms with Crippen molar-refractivity contribution in [1.82, 2.24) is 19.6 Å². The average molecular weight is 386 g/mol. The fraction of sp³-hybridized carbons (Fsp3) is 0.333. The summed E-state index contributed by atoms with van der Waals surface area (Å²) in [5.41, 5.74) is 0. The number of anilines is 2. The van der Waals surface area contributed by atoms with Gasteiger partial charge in [-0.15, -0.1) is 11.3 Å². The average Bonchev–Trinajstić information content (AvgIpc) is 3.34. The highest BCUT2D eigenvalue weighted by Crippen LogP contribution is 2.21. The summed E-state index contributed by atoms with van der Waals surface area (Å²) in [5, 5.41) is 14.1. The van der Waals surface area contributed by atoms with Gasteiger partial charge in [0.05, 0.1) is 22.1 Å². The van der Waals surface area contributed by atoms with E-state index in [9.17, 15) is 9.59 Å². The molecule has 0 spiro atoms. The van der Waals surface area contributed by atoms with Crippen LogP contribution in [-0.4, -0.2) is 31.4 Å². The quantitative estimate of drug-likeness (QED) is 0.674. The molecule has 0 fully saturated rings. The van der Waals surface area contributed by atoms with Crippen LogP contribution in [0.4, 0.5) is 11.6 Å². The highest BCUT2D eigenvalue weighted by Gasteiger charge is 2.17. The Hall–Kier alpha value is -2.94. The van der Waals surface area contributed by atoms with E-state index in [4.69, 9.17) is 0 Å². The molecule has 0 aromatic carbocycles. The molecule has 3 heterocycles. The Morgan fingerprint density at radius 2 is 1.22 bits per heavy atom. The van der Waals surface area contributed by atoms with Crippen molar-refractivity contribution in [2.24, 2.45) is 0 Å². The SMILES string of the molecule is CC(C)n1nccc1NC(=O)c1ccc(C(=O)Nc2ccnn2C(C)C)s1. The van der Waals surface area contributed by atoms with Gasteiger partial charge < -0.3 is 10.6 Å². The Kier molecular flexibility index (Phi) is 5.41. The van der Waals surface area contributed by atoms with Crippen LogP contribution in [0.2, 0.25) is 0 Å². The van der Waals surface area contributed by atoms with Gasteiger partial charge in [-0.3, -0.25) is 9.59 Å². The molecule has 0 unspecified atom stereocenters. The van der Waals surface area contributed by atoms with E-state index in [2.05, 4.69) is 20.8 Å². The Balaban J connectivity index is 1.70. The lowest BCUT2D eigenvalue weighted by Crippen LogP contribution is -2.16. The van der Waals surface area contributed by atoms with Crippen LogP contribution in [-0.2, 0) is 0 Å². The van der Waals surface area contributed by atoms with E-state index >= 15 is 0 Å². The number of carbonyl (C=O) groups is 2. The number of nitrogens with zero attached hydrogens (tertiary/aromatic N) is 4. The smallest absolute Gasteiger partial charge is 0.266 e. The number of nitrogens with one attached hydrogen (secondary N) is 2. The van der Waals surface area contributed by atoms with Gasteiger partial charge in [0.25, 0.3) is 11.8 Å². The van der Waals surface area contributed by atoms with Gasteiger partial charge in [-0.1, -0.05) is 0 Å². The van der Waals surface area contributed by atoms with E-state index in [1.165, 1.54) is 0 Å². The lowest BCUT2D eigenvalue weighted by Gasteiger charge is -2.11. The van der Waals surface area contributed by atoms with Crippen LogP contribution in [0.1, 0.15) is 59.1 Å². The third kappa shape index (κ3) is 4.08. The van der Waals surface area contributed by atoms with Crippen molar-refractivity contribution in [1.29, 1.82) is 0 Å². The first-order chi connectivity index (χ1) is 12.9. The van der Waals surface area contributed by atoms with E-state index in [-0.39, 0.29) is 23.9 Å². The largest absolute Gasteiger partial charge is 0.306 e. The molecule has 0 aliphatic rings. The van der Waals surface area contributed by atoms with E-state index < -0.39 is 0 Å².